The molecule has 0 atom stereocenters. The van der Waals surface area contributed by atoms with Gasteiger partial charge in [0.05, 0.1) is 9.92 Å². The third kappa shape index (κ3) is 5.75. The van der Waals surface area contributed by atoms with E-state index in [2.05, 4.69) is 10.0 Å². The summed E-state index contributed by atoms with van der Waals surface area (Å²) in [5, 5.41) is 2.96. The van der Waals surface area contributed by atoms with E-state index in [1.165, 1.54) is 6.07 Å². The molecule has 8 heteroatoms. The molecule has 0 unspecified atom stereocenters. The largest absolute Gasteiger partial charge is 0.313 e. The van der Waals surface area contributed by atoms with E-state index >= 15 is 0 Å². The molecular formula is C13H20ClFN2O2S2. The summed E-state index contributed by atoms with van der Waals surface area (Å²) in [7, 11) is -3.71. The Morgan fingerprint density at radius 3 is 2.71 bits per heavy atom. The zero-order chi connectivity index (χ0) is 15.9. The highest BCUT2D eigenvalue weighted by molar-refractivity contribution is 7.98. The molecule has 0 fully saturated rings. The first kappa shape index (κ1) is 18.7. The molecule has 0 amide bonds. The van der Waals surface area contributed by atoms with Gasteiger partial charge in [-0.1, -0.05) is 18.5 Å². The molecule has 120 valence electrons. The van der Waals surface area contributed by atoms with Crippen molar-refractivity contribution in [3.63, 3.8) is 0 Å². The van der Waals surface area contributed by atoms with Gasteiger partial charge in [-0.2, -0.15) is 11.8 Å². The molecule has 0 bridgehead atoms. The minimum absolute atomic E-state index is 0.0442. The minimum atomic E-state index is -3.71. The minimum Gasteiger partial charge on any atom is -0.313 e. The van der Waals surface area contributed by atoms with Gasteiger partial charge in [-0.3, -0.25) is 0 Å². The fourth-order valence-electron chi connectivity index (χ4n) is 1.67. The number of benzene rings is 1. The second-order valence-electron chi connectivity index (χ2n) is 4.40. The first-order chi connectivity index (χ1) is 9.92. The van der Waals surface area contributed by atoms with Gasteiger partial charge in [0.15, 0.2) is 0 Å². The van der Waals surface area contributed by atoms with Crippen molar-refractivity contribution in [1.82, 2.24) is 10.0 Å². The maximum atomic E-state index is 13.8. The predicted molar refractivity (Wildman–Crippen MR) is 87.0 cm³/mol. The number of hydrogen-bond donors (Lipinski definition) is 2. The van der Waals surface area contributed by atoms with Crippen molar-refractivity contribution in [2.45, 2.75) is 24.8 Å². The Kier molecular flexibility index (Phi) is 7.97. The lowest BCUT2D eigenvalue weighted by atomic mass is 10.2. The summed E-state index contributed by atoms with van der Waals surface area (Å²) in [6, 6.07) is 2.36. The van der Waals surface area contributed by atoms with Crippen LogP contribution in [-0.2, 0) is 16.6 Å². The molecule has 0 saturated carbocycles. The Hall–Kier alpha value is -0.340. The SMILES string of the molecule is CCNCc1cc(S(=O)(=O)NCCCSC)cc(F)c1Cl. The third-order valence-corrected chi connectivity index (χ3v) is 5.33. The lowest BCUT2D eigenvalue weighted by molar-refractivity contribution is 0.576. The van der Waals surface area contributed by atoms with Crippen LogP contribution in [0.4, 0.5) is 4.39 Å². The molecule has 0 spiro atoms. The summed E-state index contributed by atoms with van der Waals surface area (Å²) < 4.78 is 40.5. The van der Waals surface area contributed by atoms with Crippen molar-refractivity contribution in [2.75, 3.05) is 25.1 Å². The molecular weight excluding hydrogens is 335 g/mol. The number of hydrogen-bond acceptors (Lipinski definition) is 4. The zero-order valence-electron chi connectivity index (χ0n) is 12.1. The average molecular weight is 355 g/mol. The fraction of sp³-hybridized carbons (Fsp3) is 0.538. The standard InChI is InChI=1S/C13H20ClFN2O2S2/c1-3-16-9-10-7-11(8-12(15)13(10)14)21(18,19)17-5-4-6-20-2/h7-8,16-17H,3-6,9H2,1-2H3. The Morgan fingerprint density at radius 2 is 2.10 bits per heavy atom. The van der Waals surface area contributed by atoms with Gasteiger partial charge in [0.2, 0.25) is 10.0 Å². The molecule has 0 radical (unpaired) electrons. The van der Waals surface area contributed by atoms with Crippen LogP contribution in [0.3, 0.4) is 0 Å². The highest BCUT2D eigenvalue weighted by Crippen LogP contribution is 2.24. The molecule has 1 aromatic carbocycles. The second-order valence-corrected chi connectivity index (χ2v) is 7.53. The average Bonchev–Trinajstić information content (AvgIpc) is 2.45. The van der Waals surface area contributed by atoms with E-state index in [0.29, 0.717) is 25.2 Å². The van der Waals surface area contributed by atoms with Crippen LogP contribution in [0.15, 0.2) is 17.0 Å². The van der Waals surface area contributed by atoms with Gasteiger partial charge in [0.25, 0.3) is 0 Å². The maximum Gasteiger partial charge on any atom is 0.240 e. The molecule has 21 heavy (non-hydrogen) atoms. The first-order valence-electron chi connectivity index (χ1n) is 6.59. The highest BCUT2D eigenvalue weighted by atomic mass is 35.5. The predicted octanol–water partition coefficient (Wildman–Crippen LogP) is 2.62. The molecule has 0 aliphatic carbocycles. The van der Waals surface area contributed by atoms with E-state index in [-0.39, 0.29) is 9.92 Å². The van der Waals surface area contributed by atoms with Gasteiger partial charge in [-0.15, -0.1) is 0 Å². The van der Waals surface area contributed by atoms with Crippen LogP contribution in [0.1, 0.15) is 18.9 Å². The molecule has 4 nitrogen and oxygen atoms in total. The van der Waals surface area contributed by atoms with Gasteiger partial charge in [0.1, 0.15) is 5.82 Å². The van der Waals surface area contributed by atoms with Crippen molar-refractivity contribution in [2.24, 2.45) is 0 Å². The Bertz CT molecular complexity index is 568. The molecule has 0 saturated heterocycles. The summed E-state index contributed by atoms with van der Waals surface area (Å²) >= 11 is 7.51. The van der Waals surface area contributed by atoms with Gasteiger partial charge in [-0.25, -0.2) is 17.5 Å². The molecule has 1 rings (SSSR count). The molecule has 2 N–H and O–H groups in total. The Labute approximate surface area is 134 Å². The zero-order valence-corrected chi connectivity index (χ0v) is 14.5. The van der Waals surface area contributed by atoms with E-state index in [9.17, 15) is 12.8 Å². The second kappa shape index (κ2) is 8.95. The lowest BCUT2D eigenvalue weighted by Gasteiger charge is -2.11. The van der Waals surface area contributed by atoms with Crippen LogP contribution in [0.2, 0.25) is 5.02 Å². The summed E-state index contributed by atoms with van der Waals surface area (Å²) in [5.41, 5.74) is 0.433. The fourth-order valence-corrected chi connectivity index (χ4v) is 3.41. The van der Waals surface area contributed by atoms with Crippen LogP contribution < -0.4 is 10.0 Å². The van der Waals surface area contributed by atoms with Gasteiger partial charge >= 0.3 is 0 Å². The molecule has 0 aliphatic rings. The van der Waals surface area contributed by atoms with E-state index in [4.69, 9.17) is 11.6 Å². The summed E-state index contributed by atoms with van der Waals surface area (Å²) in [4.78, 5) is -0.0959. The quantitative estimate of drug-likeness (QED) is 0.669. The molecule has 0 aromatic heterocycles. The van der Waals surface area contributed by atoms with Crippen molar-refractivity contribution in [3.8, 4) is 0 Å². The molecule has 0 aliphatic heterocycles. The van der Waals surface area contributed by atoms with Crippen molar-refractivity contribution < 1.29 is 12.8 Å². The molecule has 0 heterocycles. The van der Waals surface area contributed by atoms with Crippen LogP contribution >= 0.6 is 23.4 Å². The van der Waals surface area contributed by atoms with Gasteiger partial charge < -0.3 is 5.32 Å². The lowest BCUT2D eigenvalue weighted by Crippen LogP contribution is -2.25. The highest BCUT2D eigenvalue weighted by Gasteiger charge is 2.18. The summed E-state index contributed by atoms with van der Waals surface area (Å²) in [6.45, 7) is 3.23. The van der Waals surface area contributed by atoms with Gasteiger partial charge in [0, 0.05) is 13.1 Å². The smallest absolute Gasteiger partial charge is 0.240 e. The number of sulfonamides is 1. The Balaban J connectivity index is 2.93. The van der Waals surface area contributed by atoms with Crippen LogP contribution in [-0.4, -0.2) is 33.5 Å². The van der Waals surface area contributed by atoms with Gasteiger partial charge in [-0.05, 0) is 42.7 Å². The van der Waals surface area contributed by atoms with Crippen molar-refractivity contribution in [3.05, 3.63) is 28.5 Å². The van der Waals surface area contributed by atoms with Crippen LogP contribution in [0.25, 0.3) is 0 Å². The first-order valence-corrected chi connectivity index (χ1v) is 9.85. The number of halogens is 2. The van der Waals surface area contributed by atoms with E-state index in [1.54, 1.807) is 11.8 Å². The number of thioether (sulfide) groups is 1. The van der Waals surface area contributed by atoms with Crippen LogP contribution in [0.5, 0.6) is 0 Å². The number of nitrogens with one attached hydrogen (secondary N) is 2. The molecule has 1 aromatic rings. The topological polar surface area (TPSA) is 58.2 Å². The van der Waals surface area contributed by atoms with Crippen molar-refractivity contribution >= 4 is 33.4 Å². The monoisotopic (exact) mass is 354 g/mol. The number of rotatable bonds is 9. The maximum absolute atomic E-state index is 13.8. The van der Waals surface area contributed by atoms with Crippen LogP contribution in [0, 0.1) is 5.82 Å². The van der Waals surface area contributed by atoms with E-state index < -0.39 is 15.8 Å². The summed E-state index contributed by atoms with van der Waals surface area (Å²) in [5.74, 6) is 0.139. The Morgan fingerprint density at radius 1 is 1.38 bits per heavy atom. The van der Waals surface area contributed by atoms with E-state index in [1.807, 2.05) is 13.2 Å². The van der Waals surface area contributed by atoms with Crippen molar-refractivity contribution in [1.29, 1.82) is 0 Å². The van der Waals surface area contributed by atoms with E-state index in [0.717, 1.165) is 18.2 Å². The normalized spacial score (nSPS) is 11.8. The summed E-state index contributed by atoms with van der Waals surface area (Å²) in [6.07, 6.45) is 2.68. The third-order valence-electron chi connectivity index (χ3n) is 2.77.